The number of hydrogen-bond donors (Lipinski definition) is 2. The number of H-pyrrole nitrogens is 1. The molecule has 20 heavy (non-hydrogen) atoms. The van der Waals surface area contributed by atoms with Gasteiger partial charge in [-0.2, -0.15) is 5.10 Å². The second kappa shape index (κ2) is 4.14. The smallest absolute Gasteiger partial charge is 0.160 e. The van der Waals surface area contributed by atoms with E-state index in [4.69, 9.17) is 0 Å². The van der Waals surface area contributed by atoms with Crippen LogP contribution in [0.1, 0.15) is 34.4 Å². The molecule has 0 aromatic carbocycles. The molecule has 0 radical (unpaired) electrons. The minimum atomic E-state index is 0.0659. The van der Waals surface area contributed by atoms with Crippen LogP contribution in [0.3, 0.4) is 0 Å². The lowest BCUT2D eigenvalue weighted by atomic mass is 10.0. The summed E-state index contributed by atoms with van der Waals surface area (Å²) < 4.78 is 1.89. The molecule has 0 saturated carbocycles. The average molecular weight is 268 g/mol. The summed E-state index contributed by atoms with van der Waals surface area (Å²) in [5.74, 6) is 0. The van der Waals surface area contributed by atoms with Gasteiger partial charge in [0.15, 0.2) is 5.65 Å². The van der Waals surface area contributed by atoms with Gasteiger partial charge in [-0.15, -0.1) is 0 Å². The second-order valence-electron chi connectivity index (χ2n) is 5.28. The maximum Gasteiger partial charge on any atom is 0.160 e. The highest BCUT2D eigenvalue weighted by Gasteiger charge is 2.27. The molecule has 4 rings (SSSR count). The Kier molecular flexibility index (Phi) is 2.40. The molecule has 102 valence electrons. The first kappa shape index (κ1) is 11.6. The summed E-state index contributed by atoms with van der Waals surface area (Å²) in [6, 6.07) is 2.11. The molecule has 1 aliphatic heterocycles. The van der Waals surface area contributed by atoms with Crippen molar-refractivity contribution in [1.29, 1.82) is 0 Å². The zero-order valence-corrected chi connectivity index (χ0v) is 11.5. The van der Waals surface area contributed by atoms with Gasteiger partial charge in [0.1, 0.15) is 0 Å². The van der Waals surface area contributed by atoms with Gasteiger partial charge in [-0.25, -0.2) is 14.5 Å². The summed E-state index contributed by atoms with van der Waals surface area (Å²) in [5.41, 5.74) is 6.37. The van der Waals surface area contributed by atoms with Crippen molar-refractivity contribution < 1.29 is 0 Å². The summed E-state index contributed by atoms with van der Waals surface area (Å²) in [5, 5.41) is 7.99. The number of nitrogens with one attached hydrogen (secondary N) is 2. The number of hydrogen-bond acceptors (Lipinski definition) is 4. The Hall–Kier alpha value is -2.21. The first-order valence-electron chi connectivity index (χ1n) is 6.81. The van der Waals surface area contributed by atoms with Gasteiger partial charge >= 0.3 is 0 Å². The van der Waals surface area contributed by atoms with Crippen molar-refractivity contribution in [1.82, 2.24) is 29.9 Å². The van der Waals surface area contributed by atoms with Crippen LogP contribution in [0.2, 0.25) is 0 Å². The number of aryl methyl sites for hydroxylation is 2. The molecule has 0 amide bonds. The van der Waals surface area contributed by atoms with Gasteiger partial charge in [0, 0.05) is 35.6 Å². The fourth-order valence-corrected chi connectivity index (χ4v) is 2.97. The molecule has 6 nitrogen and oxygen atoms in total. The third kappa shape index (κ3) is 1.58. The molecular formula is C14H16N6. The van der Waals surface area contributed by atoms with Crippen molar-refractivity contribution in [3.8, 4) is 0 Å². The molecule has 2 N–H and O–H groups in total. The normalized spacial score (nSPS) is 18.4. The standard InChI is InChI=1S/C14H16N6/c1-8-5-9(2)20-14(19-8)10(6-18-20)12-13-11(3-4-15-12)16-7-17-13/h5-7,12,15H,3-4H2,1-2H3,(H,16,17)/t12-/m0/s1. The van der Waals surface area contributed by atoms with E-state index in [0.29, 0.717) is 0 Å². The van der Waals surface area contributed by atoms with Crippen molar-refractivity contribution in [2.75, 3.05) is 6.54 Å². The van der Waals surface area contributed by atoms with Crippen LogP contribution in [0.5, 0.6) is 0 Å². The number of fused-ring (bicyclic) bond motifs is 2. The van der Waals surface area contributed by atoms with E-state index >= 15 is 0 Å². The highest BCUT2D eigenvalue weighted by Crippen LogP contribution is 2.28. The zero-order valence-electron chi connectivity index (χ0n) is 11.5. The van der Waals surface area contributed by atoms with Crippen LogP contribution in [0.25, 0.3) is 5.65 Å². The van der Waals surface area contributed by atoms with Crippen LogP contribution < -0.4 is 5.32 Å². The lowest BCUT2D eigenvalue weighted by molar-refractivity contribution is 0.555. The molecule has 4 heterocycles. The SMILES string of the molecule is Cc1cc(C)n2ncc([C@@H]3NCCc4[nH]cnc43)c2n1. The molecule has 0 saturated heterocycles. The highest BCUT2D eigenvalue weighted by atomic mass is 15.3. The van der Waals surface area contributed by atoms with Crippen LogP contribution in [0, 0.1) is 13.8 Å². The molecule has 0 bridgehead atoms. The molecule has 1 atom stereocenters. The molecule has 0 fully saturated rings. The van der Waals surface area contributed by atoms with Gasteiger partial charge in [0.05, 0.1) is 24.3 Å². The zero-order chi connectivity index (χ0) is 13.7. The second-order valence-corrected chi connectivity index (χ2v) is 5.28. The molecular weight excluding hydrogens is 252 g/mol. The highest BCUT2D eigenvalue weighted by molar-refractivity contribution is 5.52. The Morgan fingerprint density at radius 3 is 3.15 bits per heavy atom. The van der Waals surface area contributed by atoms with Crippen LogP contribution in [-0.2, 0) is 6.42 Å². The minimum Gasteiger partial charge on any atom is -0.348 e. The van der Waals surface area contributed by atoms with E-state index < -0.39 is 0 Å². The Morgan fingerprint density at radius 1 is 1.35 bits per heavy atom. The molecule has 3 aromatic heterocycles. The number of aromatic nitrogens is 5. The van der Waals surface area contributed by atoms with Crippen molar-refractivity contribution in [3.63, 3.8) is 0 Å². The Labute approximate surface area is 116 Å². The fraction of sp³-hybridized carbons (Fsp3) is 0.357. The van der Waals surface area contributed by atoms with Gasteiger partial charge in [0.2, 0.25) is 0 Å². The number of aromatic amines is 1. The summed E-state index contributed by atoms with van der Waals surface area (Å²) in [6.07, 6.45) is 4.65. The molecule has 0 aliphatic carbocycles. The molecule has 6 heteroatoms. The van der Waals surface area contributed by atoms with Gasteiger partial charge in [-0.1, -0.05) is 0 Å². The van der Waals surface area contributed by atoms with Gasteiger partial charge in [-0.05, 0) is 19.9 Å². The predicted octanol–water partition coefficient (Wildman–Crippen LogP) is 1.30. The number of imidazole rings is 1. The average Bonchev–Trinajstić information content (AvgIpc) is 3.03. The minimum absolute atomic E-state index is 0.0659. The quantitative estimate of drug-likeness (QED) is 0.698. The van der Waals surface area contributed by atoms with Crippen LogP contribution >= 0.6 is 0 Å². The van der Waals surface area contributed by atoms with Crippen LogP contribution in [-0.4, -0.2) is 31.1 Å². The Balaban J connectivity index is 1.92. The van der Waals surface area contributed by atoms with E-state index in [0.717, 1.165) is 41.3 Å². The third-order valence-electron chi connectivity index (χ3n) is 3.86. The lowest BCUT2D eigenvalue weighted by Crippen LogP contribution is -2.30. The number of rotatable bonds is 1. The van der Waals surface area contributed by atoms with Crippen LogP contribution in [0.15, 0.2) is 18.6 Å². The molecule has 0 unspecified atom stereocenters. The van der Waals surface area contributed by atoms with Gasteiger partial charge < -0.3 is 10.3 Å². The summed E-state index contributed by atoms with van der Waals surface area (Å²) in [7, 11) is 0. The first-order chi connectivity index (χ1) is 9.74. The number of nitrogens with zero attached hydrogens (tertiary/aromatic N) is 4. The molecule has 0 spiro atoms. The van der Waals surface area contributed by atoms with E-state index in [1.165, 1.54) is 5.69 Å². The largest absolute Gasteiger partial charge is 0.348 e. The van der Waals surface area contributed by atoms with Crippen molar-refractivity contribution in [3.05, 3.63) is 46.9 Å². The summed E-state index contributed by atoms with van der Waals surface area (Å²) in [4.78, 5) is 12.3. The van der Waals surface area contributed by atoms with Gasteiger partial charge in [-0.3, -0.25) is 0 Å². The van der Waals surface area contributed by atoms with E-state index in [-0.39, 0.29) is 6.04 Å². The third-order valence-corrected chi connectivity index (χ3v) is 3.86. The summed E-state index contributed by atoms with van der Waals surface area (Å²) in [6.45, 7) is 4.99. The Morgan fingerprint density at radius 2 is 2.25 bits per heavy atom. The molecule has 1 aliphatic rings. The molecule has 3 aromatic rings. The van der Waals surface area contributed by atoms with E-state index in [1.807, 2.05) is 30.6 Å². The maximum absolute atomic E-state index is 4.65. The van der Waals surface area contributed by atoms with Crippen molar-refractivity contribution in [2.24, 2.45) is 0 Å². The van der Waals surface area contributed by atoms with Crippen molar-refractivity contribution >= 4 is 5.65 Å². The predicted molar refractivity (Wildman–Crippen MR) is 74.6 cm³/mol. The van der Waals surface area contributed by atoms with Crippen LogP contribution in [0.4, 0.5) is 0 Å². The van der Waals surface area contributed by atoms with Crippen molar-refractivity contribution in [2.45, 2.75) is 26.3 Å². The monoisotopic (exact) mass is 268 g/mol. The lowest BCUT2D eigenvalue weighted by Gasteiger charge is -2.22. The first-order valence-corrected chi connectivity index (χ1v) is 6.81. The fourth-order valence-electron chi connectivity index (χ4n) is 2.97. The topological polar surface area (TPSA) is 70.9 Å². The van der Waals surface area contributed by atoms with Gasteiger partial charge in [0.25, 0.3) is 0 Å². The summed E-state index contributed by atoms with van der Waals surface area (Å²) >= 11 is 0. The van der Waals surface area contributed by atoms with E-state index in [1.54, 1.807) is 6.33 Å². The maximum atomic E-state index is 4.65. The Bertz CT molecular complexity index is 784. The van der Waals surface area contributed by atoms with E-state index in [9.17, 15) is 0 Å². The van der Waals surface area contributed by atoms with E-state index in [2.05, 4.69) is 25.4 Å².